The van der Waals surface area contributed by atoms with E-state index >= 15 is 0 Å². The summed E-state index contributed by atoms with van der Waals surface area (Å²) >= 11 is 3.58. The summed E-state index contributed by atoms with van der Waals surface area (Å²) in [6, 6.07) is 25.9. The van der Waals surface area contributed by atoms with Gasteiger partial charge in [0.15, 0.2) is 0 Å². The van der Waals surface area contributed by atoms with Crippen molar-refractivity contribution in [3.8, 4) is 11.8 Å². The van der Waals surface area contributed by atoms with Crippen molar-refractivity contribution in [2.45, 2.75) is 56.5 Å². The largest absolute Gasteiger partial charge is 0.470 e. The highest BCUT2D eigenvalue weighted by Crippen LogP contribution is 2.36. The zero-order valence-corrected chi connectivity index (χ0v) is 35.4. The molecule has 13 nitrogen and oxygen atoms in total. The predicted molar refractivity (Wildman–Crippen MR) is 237 cm³/mol. The number of piperidine rings is 2. The molecule has 8 heterocycles. The molecule has 0 aliphatic carbocycles. The average Bonchev–Trinajstić information content (AvgIpc) is 3.26. The summed E-state index contributed by atoms with van der Waals surface area (Å²) in [7, 11) is 0. The molecule has 4 fully saturated rings. The maximum atomic E-state index is 14.5. The standard InChI is InChI=1S/C46H49BrFN9O4/c47-36-24-50-46(53-44(36)60-34-25-56(26-34)42-11-9-29-5-1-3-7-37(29)51-42)55-19-15-32(16-20-55)41(59)22-40(58)31-13-17-54(18-14-31)39-21-33(48)23-49-45(39)61-35-27-57(28-35)43-12-10-30-6-2-4-8-38(30)52-43/h1-12,21,23-24,31-32,34-35,40-41,58-59H,13-20,22,25-28H2. The molecule has 0 amide bonds. The third-order valence-corrected chi connectivity index (χ3v) is 13.4. The van der Waals surface area contributed by atoms with Crippen molar-refractivity contribution in [3.05, 3.63) is 102 Å². The van der Waals surface area contributed by atoms with Crippen LogP contribution in [-0.2, 0) is 0 Å². The minimum absolute atomic E-state index is 0.0127. The Hall–Kier alpha value is -5.38. The molecular formula is C46H49BrFN9O4. The monoisotopic (exact) mass is 889 g/mol. The second-order valence-corrected chi connectivity index (χ2v) is 17.7. The van der Waals surface area contributed by atoms with E-state index in [0.29, 0.717) is 73.6 Å². The number of pyridine rings is 3. The summed E-state index contributed by atoms with van der Waals surface area (Å²) < 4.78 is 27.9. The van der Waals surface area contributed by atoms with Crippen LogP contribution in [0, 0.1) is 17.7 Å². The van der Waals surface area contributed by atoms with Crippen LogP contribution in [0.3, 0.4) is 0 Å². The summed E-state index contributed by atoms with van der Waals surface area (Å²) in [5.41, 5.74) is 2.57. The molecule has 2 N–H and O–H groups in total. The quantitative estimate of drug-likeness (QED) is 0.136. The molecule has 15 heteroatoms. The summed E-state index contributed by atoms with van der Waals surface area (Å²) in [6.07, 6.45) is 4.91. The van der Waals surface area contributed by atoms with Gasteiger partial charge in [-0.2, -0.15) is 4.98 Å². The molecule has 6 aromatic rings. The third-order valence-electron chi connectivity index (χ3n) is 12.8. The van der Waals surface area contributed by atoms with Gasteiger partial charge in [-0.3, -0.25) is 0 Å². The highest BCUT2D eigenvalue weighted by molar-refractivity contribution is 9.10. The number of ether oxygens (including phenoxy) is 2. The Morgan fingerprint density at radius 1 is 0.623 bits per heavy atom. The zero-order chi connectivity index (χ0) is 41.5. The number of para-hydroxylation sites is 2. The van der Waals surface area contributed by atoms with E-state index in [1.54, 1.807) is 6.20 Å². The van der Waals surface area contributed by atoms with Crippen LogP contribution in [0.1, 0.15) is 32.1 Å². The molecule has 4 saturated heterocycles. The van der Waals surface area contributed by atoms with Gasteiger partial charge in [0.05, 0.1) is 66.3 Å². The number of aromatic nitrogens is 5. The Balaban J connectivity index is 0.673. The van der Waals surface area contributed by atoms with Crippen LogP contribution in [0.25, 0.3) is 21.8 Å². The minimum Gasteiger partial charge on any atom is -0.470 e. The maximum Gasteiger partial charge on any atom is 0.238 e. The SMILES string of the molecule is OC(CC(O)C1CCN(c2cc(F)cnc2OC2CN(c3ccc4ccccc4n3)C2)CC1)C1CCN(c2ncc(Br)c(OC3CN(c4ccc5ccccc5n4)C3)n2)CC1. The van der Waals surface area contributed by atoms with Gasteiger partial charge in [0.1, 0.15) is 35.3 Å². The highest BCUT2D eigenvalue weighted by Gasteiger charge is 2.35. The lowest BCUT2D eigenvalue weighted by Gasteiger charge is -2.41. The maximum absolute atomic E-state index is 14.5. The van der Waals surface area contributed by atoms with Gasteiger partial charge in [0, 0.05) is 43.0 Å². The molecule has 2 atom stereocenters. The lowest BCUT2D eigenvalue weighted by atomic mass is 9.83. The van der Waals surface area contributed by atoms with Crippen molar-refractivity contribution in [2.24, 2.45) is 11.8 Å². The summed E-state index contributed by atoms with van der Waals surface area (Å²) in [4.78, 5) is 32.0. The summed E-state index contributed by atoms with van der Waals surface area (Å²) in [6.45, 7) is 5.44. The lowest BCUT2D eigenvalue weighted by Crippen LogP contribution is -2.54. The molecule has 10 rings (SSSR count). The van der Waals surface area contributed by atoms with Gasteiger partial charge in [0.2, 0.25) is 17.7 Å². The van der Waals surface area contributed by atoms with Gasteiger partial charge in [-0.1, -0.05) is 36.4 Å². The molecule has 0 radical (unpaired) electrons. The van der Waals surface area contributed by atoms with Crippen molar-refractivity contribution in [2.75, 3.05) is 72.0 Å². The van der Waals surface area contributed by atoms with Crippen LogP contribution >= 0.6 is 15.9 Å². The molecule has 0 bridgehead atoms. The number of aliphatic hydroxyl groups is 2. The van der Waals surface area contributed by atoms with Crippen LogP contribution in [-0.4, -0.2) is 112 Å². The minimum atomic E-state index is -0.629. The topological polar surface area (TPSA) is 136 Å². The van der Waals surface area contributed by atoms with Crippen LogP contribution in [0.2, 0.25) is 0 Å². The fraction of sp³-hybridized carbons (Fsp3) is 0.413. The van der Waals surface area contributed by atoms with E-state index in [-0.39, 0.29) is 24.0 Å². The van der Waals surface area contributed by atoms with Crippen LogP contribution in [0.5, 0.6) is 11.8 Å². The number of halogens is 2. The normalized spacial score (nSPS) is 19.2. The molecule has 2 aromatic carbocycles. The van der Waals surface area contributed by atoms with Crippen molar-refractivity contribution < 1.29 is 24.1 Å². The van der Waals surface area contributed by atoms with E-state index in [1.165, 1.54) is 12.3 Å². The smallest absolute Gasteiger partial charge is 0.238 e. The molecule has 0 saturated carbocycles. The van der Waals surface area contributed by atoms with Gasteiger partial charge in [0.25, 0.3) is 0 Å². The fourth-order valence-corrected chi connectivity index (χ4v) is 9.42. The number of nitrogens with zero attached hydrogens (tertiary/aromatic N) is 9. The molecule has 4 aliphatic heterocycles. The second-order valence-electron chi connectivity index (χ2n) is 16.8. The number of hydrogen-bond donors (Lipinski definition) is 2. The fourth-order valence-electron chi connectivity index (χ4n) is 9.13. The van der Waals surface area contributed by atoms with E-state index in [2.05, 4.69) is 75.8 Å². The zero-order valence-electron chi connectivity index (χ0n) is 33.8. The average molecular weight is 891 g/mol. The predicted octanol–water partition coefficient (Wildman–Crippen LogP) is 6.65. The Morgan fingerprint density at radius 2 is 1.15 bits per heavy atom. The number of hydrogen-bond acceptors (Lipinski definition) is 13. The number of anilines is 4. The molecule has 0 spiro atoms. The summed E-state index contributed by atoms with van der Waals surface area (Å²) in [5.74, 6) is 3.10. The number of aliphatic hydroxyl groups excluding tert-OH is 2. The number of rotatable bonds is 12. The van der Waals surface area contributed by atoms with Gasteiger partial charge in [-0.15, -0.1) is 0 Å². The Kier molecular flexibility index (Phi) is 11.2. The first kappa shape index (κ1) is 39.7. The Labute approximate surface area is 362 Å². The lowest BCUT2D eigenvalue weighted by molar-refractivity contribution is 0.00638. The second kappa shape index (κ2) is 17.2. The van der Waals surface area contributed by atoms with E-state index in [1.807, 2.05) is 42.5 Å². The highest BCUT2D eigenvalue weighted by atomic mass is 79.9. The van der Waals surface area contributed by atoms with Crippen LogP contribution in [0.15, 0.2) is 95.7 Å². The van der Waals surface area contributed by atoms with Crippen molar-refractivity contribution in [1.82, 2.24) is 24.9 Å². The van der Waals surface area contributed by atoms with Gasteiger partial charge >= 0.3 is 0 Å². The van der Waals surface area contributed by atoms with Crippen molar-refractivity contribution in [1.29, 1.82) is 0 Å². The molecule has 4 aromatic heterocycles. The van der Waals surface area contributed by atoms with Gasteiger partial charge < -0.3 is 39.3 Å². The van der Waals surface area contributed by atoms with Crippen molar-refractivity contribution in [3.63, 3.8) is 0 Å². The molecular weight excluding hydrogens is 841 g/mol. The summed E-state index contributed by atoms with van der Waals surface area (Å²) in [5, 5.41) is 24.9. The number of fused-ring (bicyclic) bond motifs is 2. The van der Waals surface area contributed by atoms with Crippen molar-refractivity contribution >= 4 is 61.0 Å². The van der Waals surface area contributed by atoms with Gasteiger partial charge in [-0.05, 0) is 96.3 Å². The molecule has 4 aliphatic rings. The van der Waals surface area contributed by atoms with Crippen LogP contribution < -0.4 is 29.1 Å². The Bertz CT molecular complexity index is 2490. The molecule has 316 valence electrons. The first-order valence-electron chi connectivity index (χ1n) is 21.4. The molecule has 2 unspecified atom stereocenters. The third kappa shape index (κ3) is 8.60. The molecule has 61 heavy (non-hydrogen) atoms. The first-order valence-corrected chi connectivity index (χ1v) is 22.2. The van der Waals surface area contributed by atoms with E-state index < -0.39 is 18.0 Å². The van der Waals surface area contributed by atoms with Crippen LogP contribution in [0.4, 0.5) is 27.7 Å². The van der Waals surface area contributed by atoms with E-state index in [4.69, 9.17) is 24.4 Å². The van der Waals surface area contributed by atoms with Gasteiger partial charge in [-0.25, -0.2) is 24.3 Å². The Morgan fingerprint density at radius 3 is 1.72 bits per heavy atom. The number of benzene rings is 2. The van der Waals surface area contributed by atoms with E-state index in [0.717, 1.165) is 72.2 Å². The van der Waals surface area contributed by atoms with E-state index in [9.17, 15) is 14.6 Å². The first-order chi connectivity index (χ1) is 29.8.